The Balaban J connectivity index is 2.50. The Kier molecular flexibility index (Phi) is 2.62. The largest absolute Gasteiger partial charge is 0.104 e. The van der Waals surface area contributed by atoms with E-state index in [9.17, 15) is 0 Å². The van der Waals surface area contributed by atoms with Crippen molar-refractivity contribution in [2.24, 2.45) is 0 Å². The molecule has 0 bridgehead atoms. The molecule has 0 spiro atoms. The lowest BCUT2D eigenvalue weighted by molar-refractivity contribution is 2.40. The van der Waals surface area contributed by atoms with Gasteiger partial charge in [0, 0.05) is 0 Å². The number of thioether (sulfide) groups is 2. The zero-order valence-electron chi connectivity index (χ0n) is 3.43. The molecule has 38 valence electrons. The van der Waals surface area contributed by atoms with Crippen LogP contribution < -0.4 is 0 Å². The molecule has 0 aromatic carbocycles. The highest BCUT2D eigenvalue weighted by Gasteiger charge is 1.90. The minimum Gasteiger partial charge on any atom is -0.104 e. The molecule has 0 aromatic heterocycles. The first-order chi connectivity index (χ1) is 3.39. The fourth-order valence-corrected chi connectivity index (χ4v) is 2.31. The second-order valence-electron chi connectivity index (χ2n) is 0.948. The van der Waals surface area contributed by atoms with Gasteiger partial charge in [-0.15, -0.1) is 11.8 Å². The van der Waals surface area contributed by atoms with Gasteiger partial charge >= 0.3 is 0 Å². The van der Waals surface area contributed by atoms with Gasteiger partial charge in [0.2, 0.25) is 0 Å². The molecular formula is C4H3IS2. The van der Waals surface area contributed by atoms with Gasteiger partial charge in [0.25, 0.3) is 0 Å². The Morgan fingerprint density at radius 1 is 1.43 bits per heavy atom. The van der Waals surface area contributed by atoms with E-state index in [1.54, 1.807) is 23.5 Å². The lowest BCUT2D eigenvalue weighted by Crippen LogP contribution is -1.58. The van der Waals surface area contributed by atoms with Crippen LogP contribution in [0.2, 0.25) is 0 Å². The van der Waals surface area contributed by atoms with E-state index in [-0.39, 0.29) is 0 Å². The summed E-state index contributed by atoms with van der Waals surface area (Å²) in [6, 6.07) is 0. The monoisotopic (exact) mass is 242 g/mol. The third-order valence-electron chi connectivity index (χ3n) is 0.475. The highest BCUT2D eigenvalue weighted by atomic mass is 127. The SMILES string of the molecule is IC1=CSC=CS1. The summed E-state index contributed by atoms with van der Waals surface area (Å²) in [6.45, 7) is 0. The van der Waals surface area contributed by atoms with Gasteiger partial charge in [0.15, 0.2) is 0 Å². The first-order valence-corrected chi connectivity index (χ1v) is 4.62. The van der Waals surface area contributed by atoms with Gasteiger partial charge in [-0.3, -0.25) is 0 Å². The molecule has 3 heteroatoms. The minimum atomic E-state index is 1.35. The number of halogens is 1. The van der Waals surface area contributed by atoms with Crippen molar-refractivity contribution in [2.45, 2.75) is 0 Å². The normalized spacial score (nSPS) is 19.3. The van der Waals surface area contributed by atoms with Crippen molar-refractivity contribution in [2.75, 3.05) is 0 Å². The fraction of sp³-hybridized carbons (Fsp3) is 0. The summed E-state index contributed by atoms with van der Waals surface area (Å²) in [5, 5.41) is 6.30. The predicted octanol–water partition coefficient (Wildman–Crippen LogP) is 3.17. The molecule has 0 saturated carbocycles. The third kappa shape index (κ3) is 2.10. The van der Waals surface area contributed by atoms with Crippen LogP contribution in [0.5, 0.6) is 0 Å². The quantitative estimate of drug-likeness (QED) is 0.598. The average Bonchev–Trinajstić information content (AvgIpc) is 1.69. The van der Waals surface area contributed by atoms with Crippen LogP contribution >= 0.6 is 46.1 Å². The average molecular weight is 242 g/mol. The number of rotatable bonds is 0. The Morgan fingerprint density at radius 3 is 2.57 bits per heavy atom. The van der Waals surface area contributed by atoms with Gasteiger partial charge < -0.3 is 0 Å². The molecule has 0 saturated heterocycles. The first-order valence-electron chi connectivity index (χ1n) is 1.72. The second-order valence-corrected chi connectivity index (χ2v) is 4.57. The van der Waals surface area contributed by atoms with Crippen molar-refractivity contribution in [3.63, 3.8) is 0 Å². The molecule has 0 radical (unpaired) electrons. The van der Waals surface area contributed by atoms with E-state index in [0.29, 0.717) is 0 Å². The molecule has 7 heavy (non-hydrogen) atoms. The highest BCUT2D eigenvalue weighted by molar-refractivity contribution is 14.1. The zero-order valence-corrected chi connectivity index (χ0v) is 7.22. The van der Waals surface area contributed by atoms with Crippen LogP contribution in [-0.4, -0.2) is 0 Å². The van der Waals surface area contributed by atoms with Crippen LogP contribution in [0.4, 0.5) is 0 Å². The Hall–Kier alpha value is 0.910. The summed E-state index contributed by atoms with van der Waals surface area (Å²) in [5.74, 6) is 0. The molecule has 1 aliphatic rings. The van der Waals surface area contributed by atoms with E-state index >= 15 is 0 Å². The summed E-state index contributed by atoms with van der Waals surface area (Å²) in [5.41, 5.74) is 0. The molecule has 0 amide bonds. The third-order valence-corrected chi connectivity index (χ3v) is 3.57. The molecule has 0 fully saturated rings. The van der Waals surface area contributed by atoms with Gasteiger partial charge in [0.1, 0.15) is 0 Å². The first kappa shape index (κ1) is 6.04. The van der Waals surface area contributed by atoms with Crippen molar-refractivity contribution in [1.82, 2.24) is 0 Å². The van der Waals surface area contributed by atoms with Crippen LogP contribution in [-0.2, 0) is 0 Å². The van der Waals surface area contributed by atoms with Crippen molar-refractivity contribution >= 4 is 46.1 Å². The maximum atomic E-state index is 2.31. The summed E-state index contributed by atoms with van der Waals surface area (Å²) < 4.78 is 1.35. The standard InChI is InChI=1S/C4H3IS2/c5-4-3-6-1-2-7-4/h1-3H. The van der Waals surface area contributed by atoms with Crippen molar-refractivity contribution in [3.8, 4) is 0 Å². The maximum Gasteiger partial charge on any atom is 0.0566 e. The molecule has 0 atom stereocenters. The summed E-state index contributed by atoms with van der Waals surface area (Å²) in [4.78, 5) is 0. The van der Waals surface area contributed by atoms with Crippen LogP contribution in [0, 0.1) is 0 Å². The Morgan fingerprint density at radius 2 is 2.29 bits per heavy atom. The van der Waals surface area contributed by atoms with Crippen LogP contribution in [0.15, 0.2) is 19.1 Å². The van der Waals surface area contributed by atoms with Gasteiger partial charge in [-0.05, 0) is 38.8 Å². The lowest BCUT2D eigenvalue weighted by atomic mass is 11.2. The Labute approximate surface area is 65.0 Å². The fourth-order valence-electron chi connectivity index (χ4n) is 0.245. The molecule has 0 aliphatic carbocycles. The number of hydrogen-bond acceptors (Lipinski definition) is 2. The molecule has 1 aliphatic heterocycles. The number of hydrogen-bond donors (Lipinski definition) is 0. The molecule has 0 N–H and O–H groups in total. The van der Waals surface area contributed by atoms with E-state index in [1.807, 2.05) is 0 Å². The summed E-state index contributed by atoms with van der Waals surface area (Å²) >= 11 is 5.81. The zero-order chi connectivity index (χ0) is 5.11. The van der Waals surface area contributed by atoms with E-state index in [4.69, 9.17) is 0 Å². The van der Waals surface area contributed by atoms with E-state index < -0.39 is 0 Å². The topological polar surface area (TPSA) is 0 Å². The predicted molar refractivity (Wildman–Crippen MR) is 46.4 cm³/mol. The van der Waals surface area contributed by atoms with E-state index in [1.165, 1.54) is 2.91 Å². The van der Waals surface area contributed by atoms with Crippen LogP contribution in [0.25, 0.3) is 0 Å². The van der Waals surface area contributed by atoms with Gasteiger partial charge in [-0.2, -0.15) is 0 Å². The second kappa shape index (κ2) is 3.04. The van der Waals surface area contributed by atoms with Gasteiger partial charge in [-0.25, -0.2) is 0 Å². The molecule has 1 rings (SSSR count). The van der Waals surface area contributed by atoms with Gasteiger partial charge in [-0.1, -0.05) is 11.8 Å². The lowest BCUT2D eigenvalue weighted by Gasteiger charge is -1.94. The van der Waals surface area contributed by atoms with Gasteiger partial charge in [0.05, 0.1) is 2.91 Å². The molecular weight excluding hydrogens is 239 g/mol. The van der Waals surface area contributed by atoms with Crippen molar-refractivity contribution < 1.29 is 0 Å². The summed E-state index contributed by atoms with van der Waals surface area (Å²) in [6.07, 6.45) is 0. The molecule has 0 nitrogen and oxygen atoms in total. The molecule has 0 unspecified atom stereocenters. The summed E-state index contributed by atoms with van der Waals surface area (Å²) in [7, 11) is 0. The Bertz CT molecular complexity index is 117. The van der Waals surface area contributed by atoms with Crippen molar-refractivity contribution in [3.05, 3.63) is 19.1 Å². The van der Waals surface area contributed by atoms with E-state index in [2.05, 4.69) is 38.8 Å². The molecule has 0 aromatic rings. The smallest absolute Gasteiger partial charge is 0.0566 e. The van der Waals surface area contributed by atoms with Crippen LogP contribution in [0.3, 0.4) is 0 Å². The molecule has 1 heterocycles. The highest BCUT2D eigenvalue weighted by Crippen LogP contribution is 2.31. The van der Waals surface area contributed by atoms with Crippen LogP contribution in [0.1, 0.15) is 0 Å². The minimum absolute atomic E-state index is 1.35. The van der Waals surface area contributed by atoms with Crippen molar-refractivity contribution in [1.29, 1.82) is 0 Å². The maximum absolute atomic E-state index is 2.31. The van der Waals surface area contributed by atoms with E-state index in [0.717, 1.165) is 0 Å².